The highest BCUT2D eigenvalue weighted by Gasteiger charge is 2.09. The summed E-state index contributed by atoms with van der Waals surface area (Å²) in [5.41, 5.74) is 0.730. The second-order valence-electron chi connectivity index (χ2n) is 3.08. The highest BCUT2D eigenvalue weighted by Crippen LogP contribution is 2.07. The van der Waals surface area contributed by atoms with Crippen LogP contribution < -0.4 is 0 Å². The number of carbonyl (C=O) groups excluding carboxylic acids is 2. The van der Waals surface area contributed by atoms with Crippen LogP contribution in [0.4, 0.5) is 0 Å². The van der Waals surface area contributed by atoms with Gasteiger partial charge in [0.1, 0.15) is 0 Å². The van der Waals surface area contributed by atoms with Crippen LogP contribution in [0.2, 0.25) is 0 Å². The number of hydrogen-bond donors (Lipinski definition) is 0. The van der Waals surface area contributed by atoms with E-state index >= 15 is 0 Å². The SMILES string of the molecule is C#CCOC(=O)c1ccc(C(=O)OCC)cc1. The van der Waals surface area contributed by atoms with Crippen molar-refractivity contribution in [3.63, 3.8) is 0 Å². The summed E-state index contributed by atoms with van der Waals surface area (Å²) in [5.74, 6) is 1.26. The number of hydrogen-bond acceptors (Lipinski definition) is 4. The molecule has 0 spiro atoms. The Morgan fingerprint density at radius 3 is 2.00 bits per heavy atom. The Morgan fingerprint density at radius 1 is 1.12 bits per heavy atom. The van der Waals surface area contributed by atoms with E-state index in [1.54, 1.807) is 6.92 Å². The maximum absolute atomic E-state index is 11.4. The van der Waals surface area contributed by atoms with E-state index in [0.29, 0.717) is 17.7 Å². The second-order valence-corrected chi connectivity index (χ2v) is 3.08. The van der Waals surface area contributed by atoms with E-state index in [1.807, 2.05) is 0 Å². The van der Waals surface area contributed by atoms with E-state index < -0.39 is 11.9 Å². The van der Waals surface area contributed by atoms with Gasteiger partial charge in [0.05, 0.1) is 17.7 Å². The van der Waals surface area contributed by atoms with Crippen molar-refractivity contribution in [2.24, 2.45) is 0 Å². The Hall–Kier alpha value is -2.28. The van der Waals surface area contributed by atoms with E-state index in [1.165, 1.54) is 24.3 Å². The lowest BCUT2D eigenvalue weighted by Gasteiger charge is -2.03. The summed E-state index contributed by atoms with van der Waals surface area (Å²) in [6.07, 6.45) is 4.96. The van der Waals surface area contributed by atoms with Gasteiger partial charge in [-0.1, -0.05) is 5.92 Å². The third-order valence-electron chi connectivity index (χ3n) is 1.92. The molecule has 0 N–H and O–H groups in total. The Labute approximate surface area is 99.5 Å². The van der Waals surface area contributed by atoms with E-state index in [4.69, 9.17) is 15.9 Å². The molecule has 0 atom stereocenters. The van der Waals surface area contributed by atoms with Gasteiger partial charge in [-0.25, -0.2) is 9.59 Å². The number of terminal acetylenes is 1. The van der Waals surface area contributed by atoms with Crippen LogP contribution in [0.3, 0.4) is 0 Å². The molecular weight excluding hydrogens is 220 g/mol. The zero-order valence-corrected chi connectivity index (χ0v) is 9.43. The Bertz CT molecular complexity index is 439. The van der Waals surface area contributed by atoms with Crippen LogP contribution >= 0.6 is 0 Å². The standard InChI is InChI=1S/C13H12O4/c1-3-9-17-13(15)11-7-5-10(6-8-11)12(14)16-4-2/h1,5-8H,4,9H2,2H3. The summed E-state index contributed by atoms with van der Waals surface area (Å²) in [6, 6.07) is 5.99. The molecule has 4 nitrogen and oxygen atoms in total. The third kappa shape index (κ3) is 3.65. The molecule has 1 aromatic carbocycles. The minimum absolute atomic E-state index is 0.0710. The molecule has 0 aliphatic carbocycles. The molecular formula is C13H12O4. The molecule has 1 rings (SSSR count). The first-order chi connectivity index (χ1) is 8.19. The van der Waals surface area contributed by atoms with E-state index in [0.717, 1.165) is 0 Å². The summed E-state index contributed by atoms with van der Waals surface area (Å²) in [5, 5.41) is 0. The maximum atomic E-state index is 11.4. The van der Waals surface area contributed by atoms with Crippen molar-refractivity contribution in [1.82, 2.24) is 0 Å². The molecule has 0 radical (unpaired) electrons. The predicted octanol–water partition coefficient (Wildman–Crippen LogP) is 1.65. The van der Waals surface area contributed by atoms with Crippen LogP contribution in [0.15, 0.2) is 24.3 Å². The molecule has 0 unspecified atom stereocenters. The van der Waals surface area contributed by atoms with Crippen molar-refractivity contribution in [2.75, 3.05) is 13.2 Å². The maximum Gasteiger partial charge on any atom is 0.339 e. The Balaban J connectivity index is 2.71. The topological polar surface area (TPSA) is 52.6 Å². The molecule has 0 aliphatic heterocycles. The van der Waals surface area contributed by atoms with E-state index in [2.05, 4.69) is 5.92 Å². The van der Waals surface area contributed by atoms with Gasteiger partial charge in [-0.3, -0.25) is 0 Å². The van der Waals surface area contributed by atoms with Crippen LogP contribution in [0, 0.1) is 12.3 Å². The molecule has 0 aliphatic rings. The molecule has 0 fully saturated rings. The van der Waals surface area contributed by atoms with Crippen LogP contribution in [-0.2, 0) is 9.47 Å². The summed E-state index contributed by atoms with van der Waals surface area (Å²) in [6.45, 7) is 1.96. The monoisotopic (exact) mass is 232 g/mol. The van der Waals surface area contributed by atoms with Gasteiger partial charge in [-0.15, -0.1) is 6.42 Å². The second kappa shape index (κ2) is 6.33. The first kappa shape index (κ1) is 12.8. The number of carbonyl (C=O) groups is 2. The number of benzene rings is 1. The zero-order valence-electron chi connectivity index (χ0n) is 9.43. The Kier molecular flexibility index (Phi) is 4.77. The summed E-state index contributed by atoms with van der Waals surface area (Å²) in [4.78, 5) is 22.7. The first-order valence-electron chi connectivity index (χ1n) is 5.06. The van der Waals surface area contributed by atoms with E-state index in [-0.39, 0.29) is 6.61 Å². The van der Waals surface area contributed by atoms with E-state index in [9.17, 15) is 9.59 Å². The van der Waals surface area contributed by atoms with Crippen LogP contribution in [0.25, 0.3) is 0 Å². The number of ether oxygens (including phenoxy) is 2. The van der Waals surface area contributed by atoms with Gasteiger partial charge < -0.3 is 9.47 Å². The van der Waals surface area contributed by atoms with Crippen molar-refractivity contribution in [3.8, 4) is 12.3 Å². The molecule has 0 amide bonds. The summed E-state index contributed by atoms with van der Waals surface area (Å²) in [7, 11) is 0. The fraction of sp³-hybridized carbons (Fsp3) is 0.231. The van der Waals surface area contributed by atoms with Gasteiger partial charge >= 0.3 is 11.9 Å². The molecule has 0 aromatic heterocycles. The molecule has 4 heteroatoms. The van der Waals surface area contributed by atoms with Crippen LogP contribution in [0.5, 0.6) is 0 Å². The van der Waals surface area contributed by atoms with Crippen molar-refractivity contribution >= 4 is 11.9 Å². The molecule has 0 saturated heterocycles. The van der Waals surface area contributed by atoms with Gasteiger partial charge in [0.25, 0.3) is 0 Å². The lowest BCUT2D eigenvalue weighted by molar-refractivity contribution is 0.0520. The van der Waals surface area contributed by atoms with Crippen LogP contribution in [0.1, 0.15) is 27.6 Å². The predicted molar refractivity (Wildman–Crippen MR) is 61.5 cm³/mol. The molecule has 1 aromatic rings. The van der Waals surface area contributed by atoms with Gasteiger partial charge in [0.15, 0.2) is 6.61 Å². The van der Waals surface area contributed by atoms with Gasteiger partial charge in [0.2, 0.25) is 0 Å². The highest BCUT2D eigenvalue weighted by atomic mass is 16.5. The molecule has 0 saturated carbocycles. The third-order valence-corrected chi connectivity index (χ3v) is 1.92. The van der Waals surface area contributed by atoms with Gasteiger partial charge in [0, 0.05) is 0 Å². The van der Waals surface area contributed by atoms with Gasteiger partial charge in [-0.2, -0.15) is 0 Å². The zero-order chi connectivity index (χ0) is 12.7. The first-order valence-corrected chi connectivity index (χ1v) is 5.06. The largest absolute Gasteiger partial charge is 0.462 e. The fourth-order valence-electron chi connectivity index (χ4n) is 1.15. The number of rotatable bonds is 4. The Morgan fingerprint density at radius 2 is 1.59 bits per heavy atom. The molecule has 0 heterocycles. The normalized spacial score (nSPS) is 9.18. The highest BCUT2D eigenvalue weighted by molar-refractivity contribution is 5.93. The summed E-state index contributed by atoms with van der Waals surface area (Å²) >= 11 is 0. The average Bonchev–Trinajstić information content (AvgIpc) is 2.36. The lowest BCUT2D eigenvalue weighted by atomic mass is 10.1. The minimum atomic E-state index is -0.515. The van der Waals surface area contributed by atoms with Crippen molar-refractivity contribution in [2.45, 2.75) is 6.92 Å². The smallest absolute Gasteiger partial charge is 0.339 e. The fourth-order valence-corrected chi connectivity index (χ4v) is 1.15. The van der Waals surface area contributed by atoms with Crippen molar-refractivity contribution in [1.29, 1.82) is 0 Å². The van der Waals surface area contributed by atoms with Crippen molar-refractivity contribution in [3.05, 3.63) is 35.4 Å². The van der Waals surface area contributed by atoms with Crippen LogP contribution in [-0.4, -0.2) is 25.2 Å². The van der Waals surface area contributed by atoms with Gasteiger partial charge in [-0.05, 0) is 31.2 Å². The minimum Gasteiger partial charge on any atom is -0.462 e. The average molecular weight is 232 g/mol. The number of esters is 2. The lowest BCUT2D eigenvalue weighted by Crippen LogP contribution is -2.07. The summed E-state index contributed by atoms with van der Waals surface area (Å²) < 4.78 is 9.55. The molecule has 17 heavy (non-hydrogen) atoms. The molecule has 88 valence electrons. The van der Waals surface area contributed by atoms with Crippen molar-refractivity contribution < 1.29 is 19.1 Å². The molecule has 0 bridgehead atoms. The quantitative estimate of drug-likeness (QED) is 0.585.